The zero-order valence-corrected chi connectivity index (χ0v) is 15.0. The van der Waals surface area contributed by atoms with Crippen molar-refractivity contribution in [1.29, 1.82) is 0 Å². The Morgan fingerprint density at radius 3 is 2.96 bits per heavy atom. The van der Waals surface area contributed by atoms with E-state index < -0.39 is 0 Å². The third kappa shape index (κ3) is 2.84. The minimum absolute atomic E-state index is 0.165. The van der Waals surface area contributed by atoms with Gasteiger partial charge in [-0.3, -0.25) is 4.79 Å². The monoisotopic (exact) mass is 376 g/mol. The van der Waals surface area contributed by atoms with Crippen LogP contribution in [0.1, 0.15) is 16.2 Å². The van der Waals surface area contributed by atoms with Crippen LogP contribution in [0.3, 0.4) is 0 Å². The van der Waals surface area contributed by atoms with Gasteiger partial charge in [0.15, 0.2) is 17.3 Å². The van der Waals surface area contributed by atoms with E-state index >= 15 is 0 Å². The molecule has 0 saturated heterocycles. The molecule has 140 valence electrons. The number of carbonyl (C=O) groups is 1. The maximum Gasteiger partial charge on any atom is 0.258 e. The molecule has 0 atom stereocenters. The number of nitrogens with one attached hydrogen (secondary N) is 1. The molecule has 8 heteroatoms. The lowest BCUT2D eigenvalue weighted by Crippen LogP contribution is -2.23. The molecule has 0 radical (unpaired) electrons. The zero-order valence-electron chi connectivity index (χ0n) is 15.0. The molecule has 0 unspecified atom stereocenters. The number of rotatable bonds is 4. The summed E-state index contributed by atoms with van der Waals surface area (Å²) in [5, 5.41) is 7.84. The Hall–Kier alpha value is -3.81. The molecule has 2 aromatic carbocycles. The molecule has 2 aromatic heterocycles. The minimum atomic E-state index is -0.197. The molecule has 5 rings (SSSR count). The number of amides is 1. The van der Waals surface area contributed by atoms with Crippen LogP contribution in [-0.2, 0) is 13.6 Å². The molecule has 0 bridgehead atoms. The van der Waals surface area contributed by atoms with Gasteiger partial charge in [0.1, 0.15) is 0 Å². The van der Waals surface area contributed by atoms with Crippen LogP contribution in [0.15, 0.2) is 53.2 Å². The minimum Gasteiger partial charge on any atom is -0.454 e. The smallest absolute Gasteiger partial charge is 0.258 e. The summed E-state index contributed by atoms with van der Waals surface area (Å²) in [6, 6.07) is 13.0. The van der Waals surface area contributed by atoms with Gasteiger partial charge in [0, 0.05) is 29.9 Å². The van der Waals surface area contributed by atoms with Crippen molar-refractivity contribution < 1.29 is 18.8 Å². The Bertz CT molecular complexity index is 1190. The Labute approximate surface area is 159 Å². The van der Waals surface area contributed by atoms with E-state index in [0.29, 0.717) is 28.8 Å². The molecule has 3 heterocycles. The molecule has 1 aliphatic heterocycles. The fourth-order valence-corrected chi connectivity index (χ4v) is 3.14. The molecule has 1 N–H and O–H groups in total. The van der Waals surface area contributed by atoms with Gasteiger partial charge in [0.2, 0.25) is 6.79 Å². The number of nitrogens with zero attached hydrogens (tertiary/aromatic N) is 3. The van der Waals surface area contributed by atoms with Crippen LogP contribution >= 0.6 is 0 Å². The molecule has 0 spiro atoms. The summed E-state index contributed by atoms with van der Waals surface area (Å²) >= 11 is 0. The highest BCUT2D eigenvalue weighted by Gasteiger charge is 2.17. The van der Waals surface area contributed by atoms with E-state index in [2.05, 4.69) is 15.5 Å². The summed E-state index contributed by atoms with van der Waals surface area (Å²) in [5.74, 6) is 1.87. The third-order valence-corrected chi connectivity index (χ3v) is 4.64. The first-order valence-electron chi connectivity index (χ1n) is 8.73. The molecular formula is C20H16N4O4. The summed E-state index contributed by atoms with van der Waals surface area (Å²) in [6.45, 7) is 0.368. The van der Waals surface area contributed by atoms with Gasteiger partial charge < -0.3 is 23.9 Å². The summed E-state index contributed by atoms with van der Waals surface area (Å²) in [6.07, 6.45) is 1.96. The number of hydrogen-bond donors (Lipinski definition) is 1. The van der Waals surface area contributed by atoms with Crippen LogP contribution in [0.25, 0.3) is 22.4 Å². The lowest BCUT2D eigenvalue weighted by atomic mass is 10.1. The number of benzene rings is 2. The van der Waals surface area contributed by atoms with Crippen LogP contribution < -0.4 is 14.8 Å². The molecular weight excluding hydrogens is 360 g/mol. The average molecular weight is 376 g/mol. The van der Waals surface area contributed by atoms with Crippen molar-refractivity contribution in [2.75, 3.05) is 6.79 Å². The molecule has 28 heavy (non-hydrogen) atoms. The van der Waals surface area contributed by atoms with Crippen LogP contribution in [0.4, 0.5) is 0 Å². The van der Waals surface area contributed by atoms with Gasteiger partial charge in [-0.25, -0.2) is 0 Å². The van der Waals surface area contributed by atoms with Crippen molar-refractivity contribution in [2.24, 2.45) is 7.05 Å². The van der Waals surface area contributed by atoms with Gasteiger partial charge in [0.05, 0.1) is 6.54 Å². The predicted molar refractivity (Wildman–Crippen MR) is 99.9 cm³/mol. The maximum atomic E-state index is 12.5. The molecule has 0 fully saturated rings. The van der Waals surface area contributed by atoms with Crippen molar-refractivity contribution in [1.82, 2.24) is 20.0 Å². The van der Waals surface area contributed by atoms with Gasteiger partial charge in [-0.05, 0) is 41.8 Å². The summed E-state index contributed by atoms with van der Waals surface area (Å²) in [4.78, 5) is 16.8. The lowest BCUT2D eigenvalue weighted by molar-refractivity contribution is 0.0949. The van der Waals surface area contributed by atoms with Crippen LogP contribution in [-0.4, -0.2) is 27.4 Å². The van der Waals surface area contributed by atoms with Gasteiger partial charge in [-0.2, -0.15) is 4.98 Å². The topological polar surface area (TPSA) is 91.4 Å². The van der Waals surface area contributed by atoms with E-state index in [9.17, 15) is 4.79 Å². The second kappa shape index (κ2) is 6.41. The van der Waals surface area contributed by atoms with Crippen molar-refractivity contribution in [2.45, 2.75) is 6.54 Å². The van der Waals surface area contributed by atoms with Gasteiger partial charge in [0.25, 0.3) is 11.8 Å². The molecule has 4 aromatic rings. The van der Waals surface area contributed by atoms with E-state index in [4.69, 9.17) is 14.0 Å². The number of fused-ring (bicyclic) bond motifs is 2. The summed E-state index contributed by atoms with van der Waals surface area (Å²) in [5.41, 5.74) is 2.30. The lowest BCUT2D eigenvalue weighted by Gasteiger charge is -2.04. The Morgan fingerprint density at radius 2 is 2.04 bits per heavy atom. The number of hydrogen-bond acceptors (Lipinski definition) is 6. The quantitative estimate of drug-likeness (QED) is 0.589. The van der Waals surface area contributed by atoms with Crippen LogP contribution in [0, 0.1) is 0 Å². The molecule has 0 aliphatic carbocycles. The summed E-state index contributed by atoms with van der Waals surface area (Å²) in [7, 11) is 1.95. The number of aryl methyl sites for hydroxylation is 1. The molecule has 1 aliphatic rings. The predicted octanol–water partition coefficient (Wildman–Crippen LogP) is 2.89. The van der Waals surface area contributed by atoms with Crippen molar-refractivity contribution in [3.8, 4) is 23.0 Å². The van der Waals surface area contributed by atoms with Gasteiger partial charge >= 0.3 is 0 Å². The second-order valence-corrected chi connectivity index (χ2v) is 6.47. The SMILES string of the molecule is Cn1ccc2ccc(C(=O)NCc3noc(-c4ccc5c(c4)OCO5)n3)cc21. The fraction of sp³-hybridized carbons (Fsp3) is 0.150. The fourth-order valence-electron chi connectivity index (χ4n) is 3.14. The first-order valence-corrected chi connectivity index (χ1v) is 8.73. The van der Waals surface area contributed by atoms with Crippen molar-refractivity contribution >= 4 is 16.8 Å². The van der Waals surface area contributed by atoms with Crippen LogP contribution in [0.5, 0.6) is 11.5 Å². The van der Waals surface area contributed by atoms with Gasteiger partial charge in [-0.15, -0.1) is 0 Å². The molecule has 1 amide bonds. The Kier molecular flexibility index (Phi) is 3.75. The van der Waals surface area contributed by atoms with Gasteiger partial charge in [-0.1, -0.05) is 11.2 Å². The molecule has 8 nitrogen and oxygen atoms in total. The van der Waals surface area contributed by atoms with E-state index in [0.717, 1.165) is 16.5 Å². The first-order chi connectivity index (χ1) is 13.7. The number of carbonyl (C=O) groups excluding carboxylic acids is 1. The van der Waals surface area contributed by atoms with Crippen molar-refractivity contribution in [3.63, 3.8) is 0 Å². The first kappa shape index (κ1) is 16.4. The molecule has 0 saturated carbocycles. The van der Waals surface area contributed by atoms with E-state index in [-0.39, 0.29) is 19.2 Å². The number of aromatic nitrogens is 3. The highest BCUT2D eigenvalue weighted by molar-refractivity contribution is 5.98. The van der Waals surface area contributed by atoms with Crippen LogP contribution in [0.2, 0.25) is 0 Å². The zero-order chi connectivity index (χ0) is 19.1. The third-order valence-electron chi connectivity index (χ3n) is 4.64. The van der Waals surface area contributed by atoms with E-state index in [1.165, 1.54) is 0 Å². The second-order valence-electron chi connectivity index (χ2n) is 6.47. The number of ether oxygens (including phenoxy) is 2. The highest BCUT2D eigenvalue weighted by atomic mass is 16.7. The largest absolute Gasteiger partial charge is 0.454 e. The summed E-state index contributed by atoms with van der Waals surface area (Å²) < 4.78 is 17.9. The van der Waals surface area contributed by atoms with E-state index in [1.807, 2.05) is 42.1 Å². The Balaban J connectivity index is 1.29. The van der Waals surface area contributed by atoms with Crippen molar-refractivity contribution in [3.05, 3.63) is 60.0 Å². The average Bonchev–Trinajstić information content (AvgIpc) is 3.45. The highest BCUT2D eigenvalue weighted by Crippen LogP contribution is 2.35. The van der Waals surface area contributed by atoms with E-state index in [1.54, 1.807) is 18.2 Å². The Morgan fingerprint density at radius 1 is 1.14 bits per heavy atom. The normalized spacial score (nSPS) is 12.5. The maximum absolute atomic E-state index is 12.5. The standard InChI is InChI=1S/C20H16N4O4/c1-24-7-6-12-2-3-13(8-15(12)24)19(25)21-10-18-22-20(28-23-18)14-4-5-16-17(9-14)27-11-26-16/h2-9H,10-11H2,1H3,(H,21,25).